The summed E-state index contributed by atoms with van der Waals surface area (Å²) in [5, 5.41) is 2.88. The fourth-order valence-electron chi connectivity index (χ4n) is 2.15. The molecule has 0 spiro atoms. The van der Waals surface area contributed by atoms with E-state index in [1.54, 1.807) is 11.3 Å². The molecule has 3 rings (SSSR count). The molecule has 9 heteroatoms. The maximum Gasteiger partial charge on any atom is 0.215 e. The number of sulfonamides is 1. The van der Waals surface area contributed by atoms with Gasteiger partial charge in [-0.1, -0.05) is 6.07 Å². The van der Waals surface area contributed by atoms with E-state index < -0.39 is 10.0 Å². The molecule has 0 radical (unpaired) electrons. The van der Waals surface area contributed by atoms with Crippen LogP contribution in [0.15, 0.2) is 41.8 Å². The van der Waals surface area contributed by atoms with Gasteiger partial charge in [0.15, 0.2) is 0 Å². The van der Waals surface area contributed by atoms with Crippen LogP contribution in [-0.2, 0) is 16.6 Å². The van der Waals surface area contributed by atoms with Crippen molar-refractivity contribution < 1.29 is 17.5 Å². The Kier molecular flexibility index (Phi) is 6.02. The molecule has 26 heavy (non-hydrogen) atoms. The summed E-state index contributed by atoms with van der Waals surface area (Å²) in [6.07, 6.45) is 0. The largest absolute Gasteiger partial charge is 0.492 e. The van der Waals surface area contributed by atoms with E-state index in [0.29, 0.717) is 5.75 Å². The van der Waals surface area contributed by atoms with E-state index in [1.807, 2.05) is 24.4 Å². The van der Waals surface area contributed by atoms with Crippen molar-refractivity contribution in [2.75, 3.05) is 12.4 Å². The summed E-state index contributed by atoms with van der Waals surface area (Å²) in [6.45, 7) is 2.06. The molecule has 0 fully saturated rings. The molecule has 0 aliphatic carbocycles. The number of nitrogens with one attached hydrogen (secondary N) is 1. The first-order chi connectivity index (χ1) is 12.4. The minimum Gasteiger partial charge on any atom is -0.492 e. The van der Waals surface area contributed by atoms with Gasteiger partial charge in [-0.25, -0.2) is 22.5 Å². The molecule has 3 aromatic rings. The lowest BCUT2D eigenvalue weighted by molar-refractivity contribution is 0.339. The van der Waals surface area contributed by atoms with Crippen LogP contribution in [0.3, 0.4) is 0 Å². The molecule has 0 aliphatic rings. The summed E-state index contributed by atoms with van der Waals surface area (Å²) < 4.78 is 45.0. The number of benzene rings is 1. The Balaban J connectivity index is 1.52. The van der Waals surface area contributed by atoms with E-state index in [0.717, 1.165) is 20.5 Å². The zero-order valence-electron chi connectivity index (χ0n) is 13.9. The van der Waals surface area contributed by atoms with Gasteiger partial charge in [-0.15, -0.1) is 22.7 Å². The third-order valence-electron chi connectivity index (χ3n) is 3.51. The molecule has 1 aromatic carbocycles. The zero-order chi connectivity index (χ0) is 18.6. The minimum atomic E-state index is -3.49. The molecule has 5 nitrogen and oxygen atoms in total. The van der Waals surface area contributed by atoms with Crippen LogP contribution in [0, 0.1) is 12.7 Å². The predicted octanol–water partition coefficient (Wildman–Crippen LogP) is 3.82. The molecular weight excluding hydrogens is 395 g/mol. The molecule has 1 N–H and O–H groups in total. The maximum absolute atomic E-state index is 12.8. The number of aryl methyl sites for hydroxylation is 1. The Labute approximate surface area is 159 Å². The van der Waals surface area contributed by atoms with Gasteiger partial charge in [-0.3, -0.25) is 0 Å². The van der Waals surface area contributed by atoms with Crippen molar-refractivity contribution in [1.29, 1.82) is 0 Å². The standard InChI is InChI=1S/C17H17FN2O3S3/c1-12-16(25-17(20-12)15-3-2-9-24-15)11-19-26(21,22)10-8-23-14-6-4-13(18)5-7-14/h2-7,9,19H,8,10-11H2,1H3. The van der Waals surface area contributed by atoms with E-state index in [1.165, 1.54) is 35.6 Å². The Morgan fingerprint density at radius 1 is 1.23 bits per heavy atom. The van der Waals surface area contributed by atoms with Crippen molar-refractivity contribution in [3.63, 3.8) is 0 Å². The number of halogens is 1. The fraction of sp³-hybridized carbons (Fsp3) is 0.235. The van der Waals surface area contributed by atoms with Gasteiger partial charge in [0.25, 0.3) is 0 Å². The summed E-state index contributed by atoms with van der Waals surface area (Å²) >= 11 is 3.09. The average Bonchev–Trinajstić information content (AvgIpc) is 3.24. The van der Waals surface area contributed by atoms with Gasteiger partial charge in [0.05, 0.1) is 16.3 Å². The fourth-order valence-corrected chi connectivity index (χ4v) is 4.85. The summed E-state index contributed by atoms with van der Waals surface area (Å²) in [7, 11) is -3.49. The first kappa shape index (κ1) is 19.0. The number of hydrogen-bond acceptors (Lipinski definition) is 6. The van der Waals surface area contributed by atoms with Gasteiger partial charge < -0.3 is 4.74 Å². The molecule has 0 aliphatic heterocycles. The van der Waals surface area contributed by atoms with Gasteiger partial charge in [-0.05, 0) is 42.6 Å². The van der Waals surface area contributed by atoms with Crippen molar-refractivity contribution in [1.82, 2.24) is 9.71 Å². The highest BCUT2D eigenvalue weighted by Crippen LogP contribution is 2.31. The molecule has 0 atom stereocenters. The molecule has 138 valence electrons. The molecule has 0 bridgehead atoms. The second-order valence-corrected chi connectivity index (χ2v) is 9.41. The lowest BCUT2D eigenvalue weighted by Crippen LogP contribution is -2.28. The summed E-state index contributed by atoms with van der Waals surface area (Å²) in [6, 6.07) is 9.40. The molecular formula is C17H17FN2O3S3. The number of thiazole rings is 1. The lowest BCUT2D eigenvalue weighted by Gasteiger charge is -2.08. The minimum absolute atomic E-state index is 0.0108. The van der Waals surface area contributed by atoms with Crippen molar-refractivity contribution in [3.05, 3.63) is 58.2 Å². The molecule has 0 unspecified atom stereocenters. The first-order valence-electron chi connectivity index (χ1n) is 7.79. The van der Waals surface area contributed by atoms with Crippen LogP contribution in [0.25, 0.3) is 9.88 Å². The van der Waals surface area contributed by atoms with Crippen molar-refractivity contribution in [3.8, 4) is 15.6 Å². The van der Waals surface area contributed by atoms with Crippen LogP contribution in [0.4, 0.5) is 4.39 Å². The Bertz CT molecular complexity index is 952. The zero-order valence-corrected chi connectivity index (χ0v) is 16.4. The van der Waals surface area contributed by atoms with E-state index in [4.69, 9.17) is 4.74 Å². The van der Waals surface area contributed by atoms with Gasteiger partial charge in [0, 0.05) is 11.4 Å². The third-order valence-corrected chi connectivity index (χ3v) is 7.00. The lowest BCUT2D eigenvalue weighted by atomic mass is 10.3. The summed E-state index contributed by atoms with van der Waals surface area (Å²) in [4.78, 5) is 6.46. The summed E-state index contributed by atoms with van der Waals surface area (Å²) in [5.41, 5.74) is 0.823. The Morgan fingerprint density at radius 3 is 2.69 bits per heavy atom. The van der Waals surface area contributed by atoms with Crippen molar-refractivity contribution in [2.45, 2.75) is 13.5 Å². The number of thiophene rings is 1. The topological polar surface area (TPSA) is 68.3 Å². The number of aromatic nitrogens is 1. The first-order valence-corrected chi connectivity index (χ1v) is 11.1. The van der Waals surface area contributed by atoms with E-state index in [9.17, 15) is 12.8 Å². The Hall–Kier alpha value is -1.81. The SMILES string of the molecule is Cc1nc(-c2cccs2)sc1CNS(=O)(=O)CCOc1ccc(F)cc1. The number of nitrogens with zero attached hydrogens (tertiary/aromatic N) is 1. The molecule has 0 saturated heterocycles. The van der Waals surface area contributed by atoms with Crippen LogP contribution < -0.4 is 9.46 Å². The van der Waals surface area contributed by atoms with Crippen LogP contribution in [-0.4, -0.2) is 25.8 Å². The number of ether oxygens (including phenoxy) is 1. The molecule has 2 aromatic heterocycles. The van der Waals surface area contributed by atoms with Gasteiger partial charge in [0.2, 0.25) is 10.0 Å². The highest BCUT2D eigenvalue weighted by molar-refractivity contribution is 7.89. The second kappa shape index (κ2) is 8.26. The maximum atomic E-state index is 12.8. The summed E-state index contributed by atoms with van der Waals surface area (Å²) in [5.74, 6) is -0.117. The van der Waals surface area contributed by atoms with Crippen molar-refractivity contribution in [2.24, 2.45) is 0 Å². The smallest absolute Gasteiger partial charge is 0.215 e. The highest BCUT2D eigenvalue weighted by atomic mass is 32.2. The van der Waals surface area contributed by atoms with Crippen LogP contribution >= 0.6 is 22.7 Å². The van der Waals surface area contributed by atoms with Crippen molar-refractivity contribution >= 4 is 32.7 Å². The van der Waals surface area contributed by atoms with E-state index >= 15 is 0 Å². The van der Waals surface area contributed by atoms with Gasteiger partial charge >= 0.3 is 0 Å². The second-order valence-electron chi connectivity index (χ2n) is 5.45. The number of hydrogen-bond donors (Lipinski definition) is 1. The average molecular weight is 413 g/mol. The van der Waals surface area contributed by atoms with Crippen LogP contribution in [0.1, 0.15) is 10.6 Å². The van der Waals surface area contributed by atoms with E-state index in [2.05, 4.69) is 9.71 Å². The Morgan fingerprint density at radius 2 is 2.00 bits per heavy atom. The molecule has 2 heterocycles. The highest BCUT2D eigenvalue weighted by Gasteiger charge is 2.15. The van der Waals surface area contributed by atoms with Crippen LogP contribution in [0.5, 0.6) is 5.75 Å². The third kappa shape index (κ3) is 5.10. The predicted molar refractivity (Wildman–Crippen MR) is 103 cm³/mol. The monoisotopic (exact) mass is 412 g/mol. The van der Waals surface area contributed by atoms with E-state index in [-0.39, 0.29) is 24.7 Å². The number of rotatable bonds is 8. The van der Waals surface area contributed by atoms with Gasteiger partial charge in [-0.2, -0.15) is 0 Å². The van der Waals surface area contributed by atoms with Crippen LogP contribution in [0.2, 0.25) is 0 Å². The molecule has 0 amide bonds. The normalized spacial score (nSPS) is 11.6. The molecule has 0 saturated carbocycles. The van der Waals surface area contributed by atoms with Gasteiger partial charge in [0.1, 0.15) is 23.2 Å². The quantitative estimate of drug-likeness (QED) is 0.611.